The monoisotopic (exact) mass is 210 g/mol. The zero-order valence-corrected chi connectivity index (χ0v) is 8.18. The first-order chi connectivity index (χ1) is 6.29. The summed E-state index contributed by atoms with van der Waals surface area (Å²) in [4.78, 5) is 0. The summed E-state index contributed by atoms with van der Waals surface area (Å²) in [6.45, 7) is 0. The van der Waals surface area contributed by atoms with Crippen LogP contribution in [0.4, 0.5) is 0 Å². The van der Waals surface area contributed by atoms with E-state index in [1.807, 2.05) is 18.2 Å². The molecule has 0 bridgehead atoms. The van der Waals surface area contributed by atoms with Crippen molar-refractivity contribution in [3.63, 3.8) is 0 Å². The van der Waals surface area contributed by atoms with Gasteiger partial charge in [0.15, 0.2) is 0 Å². The third-order valence-electron chi connectivity index (χ3n) is 1.82. The van der Waals surface area contributed by atoms with Gasteiger partial charge in [0.25, 0.3) is 0 Å². The fourth-order valence-electron chi connectivity index (χ4n) is 1.18. The van der Waals surface area contributed by atoms with Crippen molar-refractivity contribution in [2.75, 3.05) is 0 Å². The maximum Gasteiger partial charge on any atom is 0.0671 e. The van der Waals surface area contributed by atoms with Crippen molar-refractivity contribution in [3.8, 4) is 0 Å². The van der Waals surface area contributed by atoms with Crippen LogP contribution in [0.25, 0.3) is 5.57 Å². The van der Waals surface area contributed by atoms with Crippen LogP contribution < -0.4 is 5.32 Å². The number of allylic oxidation sites excluding steroid dienone is 2. The lowest BCUT2D eigenvalue weighted by Crippen LogP contribution is -1.82. The normalized spacial score (nSPS) is 14.2. The van der Waals surface area contributed by atoms with E-state index in [0.29, 0.717) is 10.0 Å². The number of benzene rings is 1. The molecule has 0 unspecified atom stereocenters. The lowest BCUT2D eigenvalue weighted by atomic mass is 10.1. The van der Waals surface area contributed by atoms with E-state index in [1.54, 1.807) is 18.5 Å². The van der Waals surface area contributed by atoms with Crippen molar-refractivity contribution < 1.29 is 0 Å². The summed E-state index contributed by atoms with van der Waals surface area (Å²) in [5.41, 5.74) is 1.92. The highest BCUT2D eigenvalue weighted by Crippen LogP contribution is 2.31. The molecule has 65 valence electrons. The highest BCUT2D eigenvalue weighted by atomic mass is 35.5. The molecule has 13 heavy (non-hydrogen) atoms. The van der Waals surface area contributed by atoms with Gasteiger partial charge in [0.2, 0.25) is 0 Å². The lowest BCUT2D eigenvalue weighted by Gasteiger charge is -2.03. The predicted octanol–water partition coefficient (Wildman–Crippen LogP) is 3.47. The summed E-state index contributed by atoms with van der Waals surface area (Å²) >= 11 is 11.9. The van der Waals surface area contributed by atoms with Crippen LogP contribution >= 0.6 is 23.2 Å². The summed E-state index contributed by atoms with van der Waals surface area (Å²) in [7, 11) is 0. The van der Waals surface area contributed by atoms with Gasteiger partial charge >= 0.3 is 0 Å². The van der Waals surface area contributed by atoms with Crippen LogP contribution in [-0.2, 0) is 0 Å². The average Bonchev–Trinajstić information content (AvgIpc) is 2.62. The van der Waals surface area contributed by atoms with E-state index in [-0.39, 0.29) is 0 Å². The van der Waals surface area contributed by atoms with Crippen LogP contribution in [0.3, 0.4) is 0 Å². The van der Waals surface area contributed by atoms with Crippen LogP contribution in [-0.4, -0.2) is 0 Å². The van der Waals surface area contributed by atoms with E-state index in [2.05, 4.69) is 5.32 Å². The topological polar surface area (TPSA) is 14.1 Å². The predicted molar refractivity (Wildman–Crippen MR) is 55.7 cm³/mol. The van der Waals surface area contributed by atoms with Gasteiger partial charge in [0, 0.05) is 23.5 Å². The van der Waals surface area contributed by atoms with Gasteiger partial charge < -0.3 is 0 Å². The molecular weight excluding hydrogens is 205 g/mol. The summed E-state index contributed by atoms with van der Waals surface area (Å²) in [5.74, 6) is 0. The summed E-state index contributed by atoms with van der Waals surface area (Å²) in [6, 6.07) is 5.56. The zero-order chi connectivity index (χ0) is 9.26. The van der Waals surface area contributed by atoms with Gasteiger partial charge in [-0.05, 0) is 12.1 Å². The molecule has 0 saturated heterocycles. The second kappa shape index (κ2) is 3.44. The summed E-state index contributed by atoms with van der Waals surface area (Å²) in [5, 5.41) is 5.12. The molecule has 1 aliphatic heterocycles. The zero-order valence-electron chi connectivity index (χ0n) is 6.67. The minimum Gasteiger partial charge on any atom is -0.264 e. The SMILES string of the molecule is Clc1cccc(C2=C[N]C=C2)c1Cl. The Balaban J connectivity index is 2.51. The molecule has 1 aliphatic rings. The first-order valence-corrected chi connectivity index (χ1v) is 4.55. The van der Waals surface area contributed by atoms with Gasteiger partial charge in [-0.2, -0.15) is 0 Å². The summed E-state index contributed by atoms with van der Waals surface area (Å²) in [6.07, 6.45) is 5.39. The van der Waals surface area contributed by atoms with Crippen LogP contribution in [0.2, 0.25) is 10.0 Å². The molecule has 0 aliphatic carbocycles. The minimum absolute atomic E-state index is 0.570. The fourth-order valence-corrected chi connectivity index (χ4v) is 1.59. The Morgan fingerprint density at radius 1 is 1.15 bits per heavy atom. The van der Waals surface area contributed by atoms with Crippen LogP contribution in [0.5, 0.6) is 0 Å². The van der Waals surface area contributed by atoms with Crippen molar-refractivity contribution in [3.05, 3.63) is 52.3 Å². The van der Waals surface area contributed by atoms with Crippen LogP contribution in [0.15, 0.2) is 36.7 Å². The molecule has 0 N–H and O–H groups in total. The molecule has 0 fully saturated rings. The van der Waals surface area contributed by atoms with Crippen molar-refractivity contribution in [2.24, 2.45) is 0 Å². The second-order valence-electron chi connectivity index (χ2n) is 2.65. The molecule has 0 atom stereocenters. The Morgan fingerprint density at radius 2 is 2.00 bits per heavy atom. The van der Waals surface area contributed by atoms with Crippen molar-refractivity contribution in [1.29, 1.82) is 0 Å². The highest BCUT2D eigenvalue weighted by molar-refractivity contribution is 6.43. The largest absolute Gasteiger partial charge is 0.264 e. The van der Waals surface area contributed by atoms with E-state index in [0.717, 1.165) is 11.1 Å². The highest BCUT2D eigenvalue weighted by Gasteiger charge is 2.08. The van der Waals surface area contributed by atoms with E-state index in [4.69, 9.17) is 23.2 Å². The fraction of sp³-hybridized carbons (Fsp3) is 0. The Kier molecular flexibility index (Phi) is 2.30. The van der Waals surface area contributed by atoms with Gasteiger partial charge in [-0.1, -0.05) is 35.3 Å². The quantitative estimate of drug-likeness (QED) is 0.675. The van der Waals surface area contributed by atoms with E-state index in [9.17, 15) is 0 Å². The number of nitrogens with zero attached hydrogens (tertiary/aromatic N) is 1. The molecule has 0 aromatic heterocycles. The molecular formula is C10H6Cl2N. The van der Waals surface area contributed by atoms with Crippen molar-refractivity contribution in [2.45, 2.75) is 0 Å². The van der Waals surface area contributed by atoms with Gasteiger partial charge in [-0.3, -0.25) is 5.32 Å². The van der Waals surface area contributed by atoms with Crippen LogP contribution in [0.1, 0.15) is 5.56 Å². The number of halogens is 2. The Hall–Kier alpha value is -0.920. The molecule has 0 saturated carbocycles. The Labute approximate surface area is 86.7 Å². The summed E-state index contributed by atoms with van der Waals surface area (Å²) < 4.78 is 0. The van der Waals surface area contributed by atoms with Gasteiger partial charge in [0.05, 0.1) is 10.0 Å². The maximum atomic E-state index is 6.02. The first kappa shape index (κ1) is 8.67. The third kappa shape index (κ3) is 1.58. The molecule has 1 radical (unpaired) electrons. The van der Waals surface area contributed by atoms with Gasteiger partial charge in [-0.25, -0.2) is 0 Å². The molecule has 0 spiro atoms. The molecule has 1 aromatic rings. The van der Waals surface area contributed by atoms with Gasteiger partial charge in [-0.15, -0.1) is 0 Å². The Morgan fingerprint density at radius 3 is 2.69 bits per heavy atom. The van der Waals surface area contributed by atoms with E-state index in [1.165, 1.54) is 0 Å². The van der Waals surface area contributed by atoms with E-state index >= 15 is 0 Å². The maximum absolute atomic E-state index is 6.02. The molecule has 3 heteroatoms. The molecule has 2 rings (SSSR count). The average molecular weight is 211 g/mol. The number of hydrogen-bond acceptors (Lipinski definition) is 0. The van der Waals surface area contributed by atoms with E-state index < -0.39 is 0 Å². The van der Waals surface area contributed by atoms with Crippen LogP contribution in [0, 0.1) is 0 Å². The molecule has 1 aromatic carbocycles. The molecule has 0 amide bonds. The number of hydrogen-bond donors (Lipinski definition) is 0. The first-order valence-electron chi connectivity index (χ1n) is 3.80. The smallest absolute Gasteiger partial charge is 0.0671 e. The van der Waals surface area contributed by atoms with Crippen molar-refractivity contribution >= 4 is 28.8 Å². The third-order valence-corrected chi connectivity index (χ3v) is 2.64. The lowest BCUT2D eigenvalue weighted by molar-refractivity contribution is 1.21. The van der Waals surface area contributed by atoms with Crippen molar-refractivity contribution in [1.82, 2.24) is 5.32 Å². The Bertz CT molecular complexity index is 394. The number of rotatable bonds is 1. The van der Waals surface area contributed by atoms with Gasteiger partial charge in [0.1, 0.15) is 0 Å². The molecule has 1 nitrogen and oxygen atoms in total. The second-order valence-corrected chi connectivity index (χ2v) is 3.44. The standard InChI is InChI=1S/C10H6Cl2N/c11-9-3-1-2-8(10(9)12)7-4-5-13-6-7/h1-6H. The molecule has 1 heterocycles. The minimum atomic E-state index is 0.570.